The fourth-order valence-corrected chi connectivity index (χ4v) is 4.60. The molecule has 0 aliphatic carbocycles. The highest BCUT2D eigenvalue weighted by Gasteiger charge is 2.35. The lowest BCUT2D eigenvalue weighted by molar-refractivity contribution is -0.123. The number of anilines is 1. The van der Waals surface area contributed by atoms with Crippen LogP contribution in [0.25, 0.3) is 11.6 Å². The minimum absolute atomic E-state index is 0.0779. The van der Waals surface area contributed by atoms with Gasteiger partial charge in [-0.25, -0.2) is 9.18 Å². The van der Waals surface area contributed by atoms with Gasteiger partial charge in [-0.05, 0) is 63.5 Å². The summed E-state index contributed by atoms with van der Waals surface area (Å²) in [6.45, 7) is 11.3. The molecule has 2 heterocycles. The molecule has 1 fully saturated rings. The van der Waals surface area contributed by atoms with Crippen molar-refractivity contribution in [2.75, 3.05) is 11.4 Å². The number of imide groups is 1. The molecule has 1 saturated heterocycles. The average Bonchev–Trinajstić information content (AvgIpc) is 3.00. The standard InChI is InChI=1S/C27H30FN3O2/c1-6-11-31-24-14-22(28)20(12-21(24)18(3)15-27(31,4)5)13-23-25(32)30(26(33)29-23)16-19-9-7-17(2)8-10-19/h7-10,12-15H,6,11,16H2,1-5H3,(H,29,33)/b23-13+. The van der Waals surface area contributed by atoms with Gasteiger partial charge in [0.25, 0.3) is 5.91 Å². The lowest BCUT2D eigenvalue weighted by atomic mass is 9.87. The Bertz CT molecular complexity index is 1180. The van der Waals surface area contributed by atoms with Crippen LogP contribution in [0.1, 0.15) is 56.4 Å². The third kappa shape index (κ3) is 4.30. The van der Waals surface area contributed by atoms with Gasteiger partial charge in [-0.2, -0.15) is 0 Å². The second-order valence-corrected chi connectivity index (χ2v) is 9.39. The summed E-state index contributed by atoms with van der Waals surface area (Å²) >= 11 is 0. The second kappa shape index (κ2) is 8.50. The number of amides is 3. The lowest BCUT2D eigenvalue weighted by Gasteiger charge is -2.43. The van der Waals surface area contributed by atoms with Crippen LogP contribution in [0.15, 0.2) is 48.2 Å². The van der Waals surface area contributed by atoms with Crippen molar-refractivity contribution in [3.05, 3.63) is 76.2 Å². The molecule has 0 atom stereocenters. The van der Waals surface area contributed by atoms with Crippen LogP contribution in [0, 0.1) is 12.7 Å². The molecular formula is C27H30FN3O2. The Balaban J connectivity index is 1.66. The highest BCUT2D eigenvalue weighted by molar-refractivity contribution is 6.14. The molecule has 2 aliphatic heterocycles. The van der Waals surface area contributed by atoms with Gasteiger partial charge in [-0.15, -0.1) is 0 Å². The van der Waals surface area contributed by atoms with Gasteiger partial charge in [0.2, 0.25) is 0 Å². The van der Waals surface area contributed by atoms with Crippen molar-refractivity contribution in [2.24, 2.45) is 0 Å². The molecule has 2 aromatic rings. The average molecular weight is 448 g/mol. The summed E-state index contributed by atoms with van der Waals surface area (Å²) in [5.74, 6) is -0.884. The van der Waals surface area contributed by atoms with E-state index in [0.717, 1.165) is 45.8 Å². The summed E-state index contributed by atoms with van der Waals surface area (Å²) in [7, 11) is 0. The molecule has 3 amide bonds. The van der Waals surface area contributed by atoms with E-state index >= 15 is 4.39 Å². The van der Waals surface area contributed by atoms with Crippen LogP contribution in [-0.2, 0) is 11.3 Å². The minimum Gasteiger partial charge on any atom is -0.362 e. The molecule has 172 valence electrons. The van der Waals surface area contributed by atoms with Gasteiger partial charge in [0.1, 0.15) is 11.5 Å². The molecule has 2 aliphatic rings. The number of benzene rings is 2. The summed E-state index contributed by atoms with van der Waals surface area (Å²) in [4.78, 5) is 28.7. The number of carbonyl (C=O) groups excluding carboxylic acids is 2. The number of nitrogens with one attached hydrogen (secondary N) is 1. The molecule has 2 aromatic carbocycles. The van der Waals surface area contributed by atoms with Gasteiger partial charge < -0.3 is 10.2 Å². The van der Waals surface area contributed by atoms with Crippen molar-refractivity contribution in [2.45, 2.75) is 53.1 Å². The Hall–Kier alpha value is -3.41. The maximum absolute atomic E-state index is 15.2. The van der Waals surface area contributed by atoms with Crippen molar-refractivity contribution in [1.82, 2.24) is 10.2 Å². The predicted octanol–water partition coefficient (Wildman–Crippen LogP) is 5.64. The Morgan fingerprint density at radius 1 is 1.09 bits per heavy atom. The van der Waals surface area contributed by atoms with E-state index in [4.69, 9.17) is 0 Å². The summed E-state index contributed by atoms with van der Waals surface area (Å²) < 4.78 is 15.2. The summed E-state index contributed by atoms with van der Waals surface area (Å²) in [6.07, 6.45) is 4.56. The number of fused-ring (bicyclic) bond motifs is 1. The van der Waals surface area contributed by atoms with Crippen molar-refractivity contribution in [3.63, 3.8) is 0 Å². The van der Waals surface area contributed by atoms with Crippen LogP contribution in [0.5, 0.6) is 0 Å². The molecule has 0 bridgehead atoms. The fourth-order valence-electron chi connectivity index (χ4n) is 4.60. The Labute approximate surface area is 194 Å². The topological polar surface area (TPSA) is 52.7 Å². The number of aryl methyl sites for hydroxylation is 1. The third-order valence-corrected chi connectivity index (χ3v) is 6.27. The molecule has 5 nitrogen and oxygen atoms in total. The first kappa shape index (κ1) is 22.8. The van der Waals surface area contributed by atoms with Crippen LogP contribution in [0.3, 0.4) is 0 Å². The van der Waals surface area contributed by atoms with Crippen molar-refractivity contribution in [3.8, 4) is 0 Å². The molecule has 1 N–H and O–H groups in total. The lowest BCUT2D eigenvalue weighted by Crippen LogP contribution is -2.45. The minimum atomic E-state index is -0.503. The van der Waals surface area contributed by atoms with E-state index in [1.54, 1.807) is 12.1 Å². The molecule has 0 unspecified atom stereocenters. The molecular weight excluding hydrogens is 417 g/mol. The molecule has 0 radical (unpaired) electrons. The number of rotatable bonds is 5. The van der Waals surface area contributed by atoms with E-state index in [0.29, 0.717) is 0 Å². The monoisotopic (exact) mass is 447 g/mol. The largest absolute Gasteiger partial charge is 0.362 e. The number of allylic oxidation sites excluding steroid dienone is 1. The van der Waals surface area contributed by atoms with E-state index in [1.165, 1.54) is 6.08 Å². The van der Waals surface area contributed by atoms with Gasteiger partial charge in [0, 0.05) is 23.4 Å². The van der Waals surface area contributed by atoms with Crippen molar-refractivity contribution < 1.29 is 14.0 Å². The number of halogens is 1. The number of carbonyl (C=O) groups is 2. The van der Waals surface area contributed by atoms with E-state index in [9.17, 15) is 9.59 Å². The van der Waals surface area contributed by atoms with Crippen LogP contribution < -0.4 is 10.2 Å². The zero-order valence-electron chi connectivity index (χ0n) is 19.8. The number of hydrogen-bond donors (Lipinski definition) is 1. The Kier molecular flexibility index (Phi) is 5.87. The molecule has 0 spiro atoms. The first-order valence-electron chi connectivity index (χ1n) is 11.3. The predicted molar refractivity (Wildman–Crippen MR) is 130 cm³/mol. The molecule has 0 saturated carbocycles. The fraction of sp³-hybridized carbons (Fsp3) is 0.333. The summed E-state index contributed by atoms with van der Waals surface area (Å²) in [5.41, 5.74) is 4.94. The Morgan fingerprint density at radius 2 is 1.79 bits per heavy atom. The number of urea groups is 1. The SMILES string of the molecule is CCCN1c2cc(F)c(/C=C3/NC(=O)N(Cc4ccc(C)cc4)C3=O)cc2C(C)=CC1(C)C. The highest BCUT2D eigenvalue weighted by atomic mass is 19.1. The van der Waals surface area contributed by atoms with E-state index in [1.807, 2.05) is 38.1 Å². The van der Waals surface area contributed by atoms with Crippen molar-refractivity contribution >= 4 is 29.3 Å². The maximum Gasteiger partial charge on any atom is 0.329 e. The molecule has 0 aromatic heterocycles. The Morgan fingerprint density at radius 3 is 2.45 bits per heavy atom. The van der Waals surface area contributed by atoms with E-state index in [-0.39, 0.29) is 23.3 Å². The number of nitrogens with zero attached hydrogens (tertiary/aromatic N) is 2. The first-order chi connectivity index (χ1) is 15.6. The smallest absolute Gasteiger partial charge is 0.329 e. The van der Waals surface area contributed by atoms with Crippen LogP contribution in [0.4, 0.5) is 14.9 Å². The maximum atomic E-state index is 15.2. The van der Waals surface area contributed by atoms with Gasteiger partial charge in [-0.3, -0.25) is 9.69 Å². The normalized spacial score (nSPS) is 18.5. The van der Waals surface area contributed by atoms with Gasteiger partial charge >= 0.3 is 6.03 Å². The van der Waals surface area contributed by atoms with Gasteiger partial charge in [0.05, 0.1) is 12.1 Å². The zero-order valence-corrected chi connectivity index (χ0v) is 19.8. The summed E-state index contributed by atoms with van der Waals surface area (Å²) in [5, 5.41) is 2.60. The molecule has 33 heavy (non-hydrogen) atoms. The number of hydrogen-bond acceptors (Lipinski definition) is 3. The van der Waals surface area contributed by atoms with Gasteiger partial charge in [-0.1, -0.05) is 42.8 Å². The highest BCUT2D eigenvalue weighted by Crippen LogP contribution is 2.40. The molecule has 6 heteroatoms. The van der Waals surface area contributed by atoms with Crippen LogP contribution in [0.2, 0.25) is 0 Å². The molecule has 4 rings (SSSR count). The zero-order chi connectivity index (χ0) is 23.9. The van der Waals surface area contributed by atoms with Gasteiger partial charge in [0.15, 0.2) is 0 Å². The first-order valence-corrected chi connectivity index (χ1v) is 11.3. The third-order valence-electron chi connectivity index (χ3n) is 6.27. The van der Waals surface area contributed by atoms with Crippen LogP contribution in [-0.4, -0.2) is 28.9 Å². The quantitative estimate of drug-likeness (QED) is 0.477. The second-order valence-electron chi connectivity index (χ2n) is 9.39. The van der Waals surface area contributed by atoms with E-state index < -0.39 is 17.8 Å². The van der Waals surface area contributed by atoms with Crippen molar-refractivity contribution in [1.29, 1.82) is 0 Å². The summed E-state index contributed by atoms with van der Waals surface area (Å²) in [6, 6.07) is 10.5. The van der Waals surface area contributed by atoms with Crippen LogP contribution >= 0.6 is 0 Å². The van der Waals surface area contributed by atoms with E-state index in [2.05, 4.69) is 37.1 Å².